The molecule has 0 amide bonds. The Balaban J connectivity index is 2.44. The van der Waals surface area contributed by atoms with Gasteiger partial charge < -0.3 is 10.1 Å². The van der Waals surface area contributed by atoms with Crippen molar-refractivity contribution >= 4 is 11.8 Å². The molecule has 1 aromatic heterocycles. The van der Waals surface area contributed by atoms with E-state index in [1.54, 1.807) is 19.1 Å². The molecule has 0 fully saturated rings. The van der Waals surface area contributed by atoms with Crippen molar-refractivity contribution in [2.24, 2.45) is 5.92 Å². The Morgan fingerprint density at radius 3 is 2.72 bits per heavy atom. The predicted molar refractivity (Wildman–Crippen MR) is 67.8 cm³/mol. The van der Waals surface area contributed by atoms with Crippen LogP contribution in [0.3, 0.4) is 0 Å². The Hall–Kier alpha value is -2.09. The highest BCUT2D eigenvalue weighted by molar-refractivity contribution is 5.72. The number of anilines is 1. The summed E-state index contributed by atoms with van der Waals surface area (Å²) in [5.74, 6) is 0.161. The minimum absolute atomic E-state index is 0.104. The van der Waals surface area contributed by atoms with Gasteiger partial charge in [-0.1, -0.05) is 6.92 Å². The second-order valence-electron chi connectivity index (χ2n) is 4.31. The zero-order chi connectivity index (χ0) is 13.5. The van der Waals surface area contributed by atoms with Crippen molar-refractivity contribution in [1.82, 2.24) is 4.98 Å². The summed E-state index contributed by atoms with van der Waals surface area (Å²) in [4.78, 5) is 15.6. The summed E-state index contributed by atoms with van der Waals surface area (Å²) >= 11 is 0. The topological polar surface area (TPSA) is 75.0 Å². The molecule has 1 atom stereocenters. The maximum atomic E-state index is 11.5. The van der Waals surface area contributed by atoms with E-state index < -0.39 is 0 Å². The van der Waals surface area contributed by atoms with Crippen LogP contribution in [0.1, 0.15) is 26.3 Å². The minimum Gasteiger partial charge on any atom is -0.463 e. The molecule has 0 saturated heterocycles. The summed E-state index contributed by atoms with van der Waals surface area (Å²) in [6.45, 7) is 5.88. The Kier molecular flexibility index (Phi) is 5.12. The number of nitrogens with zero attached hydrogens (tertiary/aromatic N) is 2. The maximum absolute atomic E-state index is 11.5. The largest absolute Gasteiger partial charge is 0.463 e. The molecule has 0 aliphatic rings. The van der Waals surface area contributed by atoms with Crippen LogP contribution in [0.4, 0.5) is 5.82 Å². The van der Waals surface area contributed by atoms with E-state index in [2.05, 4.69) is 10.3 Å². The number of pyridine rings is 1. The van der Waals surface area contributed by atoms with Gasteiger partial charge in [0, 0.05) is 12.7 Å². The van der Waals surface area contributed by atoms with Gasteiger partial charge in [0.2, 0.25) is 0 Å². The van der Waals surface area contributed by atoms with Crippen molar-refractivity contribution in [1.29, 1.82) is 5.26 Å². The smallest absolute Gasteiger partial charge is 0.310 e. The molecule has 0 spiro atoms. The van der Waals surface area contributed by atoms with Crippen molar-refractivity contribution in [3.63, 3.8) is 0 Å². The number of carbonyl (C=O) groups is 1. The molecule has 1 rings (SSSR count). The number of ether oxygens (including phenoxy) is 1. The van der Waals surface area contributed by atoms with Gasteiger partial charge in [0.05, 0.1) is 17.6 Å². The van der Waals surface area contributed by atoms with E-state index in [1.807, 2.05) is 19.9 Å². The van der Waals surface area contributed by atoms with Crippen LogP contribution in [0.5, 0.6) is 0 Å². The number of rotatable bonds is 5. The zero-order valence-electron chi connectivity index (χ0n) is 10.8. The first-order valence-electron chi connectivity index (χ1n) is 5.83. The third-order valence-corrected chi connectivity index (χ3v) is 2.24. The van der Waals surface area contributed by atoms with Gasteiger partial charge in [0.15, 0.2) is 0 Å². The average molecular weight is 247 g/mol. The van der Waals surface area contributed by atoms with Crippen molar-refractivity contribution in [3.8, 4) is 6.07 Å². The summed E-state index contributed by atoms with van der Waals surface area (Å²) in [6, 6.07) is 5.37. The van der Waals surface area contributed by atoms with Crippen molar-refractivity contribution < 1.29 is 9.53 Å². The molecule has 1 unspecified atom stereocenters. The van der Waals surface area contributed by atoms with Crippen LogP contribution < -0.4 is 5.32 Å². The Morgan fingerprint density at radius 2 is 2.22 bits per heavy atom. The van der Waals surface area contributed by atoms with Crippen LogP contribution in [-0.2, 0) is 9.53 Å². The lowest BCUT2D eigenvalue weighted by Crippen LogP contribution is -2.25. The summed E-state index contributed by atoms with van der Waals surface area (Å²) in [5, 5.41) is 11.7. The van der Waals surface area contributed by atoms with Crippen LogP contribution in [0.15, 0.2) is 18.3 Å². The fraction of sp³-hybridized carbons (Fsp3) is 0.462. The Labute approximate surface area is 107 Å². The SMILES string of the molecule is CC(C)OC(=O)C(C)CNc1ccc(C#N)cn1. The summed E-state index contributed by atoms with van der Waals surface area (Å²) in [5.41, 5.74) is 0.507. The van der Waals surface area contributed by atoms with E-state index in [1.165, 1.54) is 6.20 Å². The van der Waals surface area contributed by atoms with Crippen molar-refractivity contribution in [3.05, 3.63) is 23.9 Å². The molecule has 18 heavy (non-hydrogen) atoms. The molecule has 0 aromatic carbocycles. The highest BCUT2D eigenvalue weighted by atomic mass is 16.5. The average Bonchev–Trinajstić information content (AvgIpc) is 2.35. The fourth-order valence-electron chi connectivity index (χ4n) is 1.25. The number of hydrogen-bond acceptors (Lipinski definition) is 5. The third kappa shape index (κ3) is 4.42. The molecule has 0 saturated carbocycles. The maximum Gasteiger partial charge on any atom is 0.310 e. The van der Waals surface area contributed by atoms with E-state index in [-0.39, 0.29) is 18.0 Å². The first kappa shape index (κ1) is 14.0. The van der Waals surface area contributed by atoms with Gasteiger partial charge in [-0.2, -0.15) is 5.26 Å². The fourth-order valence-corrected chi connectivity index (χ4v) is 1.25. The molecule has 0 bridgehead atoms. The van der Waals surface area contributed by atoms with Gasteiger partial charge in [-0.15, -0.1) is 0 Å². The molecule has 0 radical (unpaired) electrons. The molecule has 5 heteroatoms. The second-order valence-corrected chi connectivity index (χ2v) is 4.31. The first-order valence-corrected chi connectivity index (χ1v) is 5.83. The van der Waals surface area contributed by atoms with Crippen LogP contribution in [0.2, 0.25) is 0 Å². The lowest BCUT2D eigenvalue weighted by molar-refractivity contribution is -0.151. The Bertz CT molecular complexity index is 435. The van der Waals surface area contributed by atoms with Gasteiger partial charge in [-0.05, 0) is 26.0 Å². The predicted octanol–water partition coefficient (Wildman–Crippen LogP) is 1.95. The number of nitrogens with one attached hydrogen (secondary N) is 1. The quantitative estimate of drug-likeness (QED) is 0.805. The molecule has 96 valence electrons. The van der Waals surface area contributed by atoms with Gasteiger partial charge in [0.25, 0.3) is 0 Å². The van der Waals surface area contributed by atoms with Crippen molar-refractivity contribution in [2.75, 3.05) is 11.9 Å². The van der Waals surface area contributed by atoms with E-state index in [0.717, 1.165) is 0 Å². The lowest BCUT2D eigenvalue weighted by Gasteiger charge is -2.14. The van der Waals surface area contributed by atoms with Crippen LogP contribution in [0, 0.1) is 17.2 Å². The molecule has 0 aliphatic carbocycles. The highest BCUT2D eigenvalue weighted by Crippen LogP contribution is 2.07. The van der Waals surface area contributed by atoms with Gasteiger partial charge >= 0.3 is 5.97 Å². The molecule has 1 heterocycles. The number of aromatic nitrogens is 1. The summed E-state index contributed by atoms with van der Waals surface area (Å²) < 4.78 is 5.09. The molecule has 5 nitrogen and oxygen atoms in total. The van der Waals surface area contributed by atoms with Crippen LogP contribution in [0.25, 0.3) is 0 Å². The molecule has 0 aliphatic heterocycles. The summed E-state index contributed by atoms with van der Waals surface area (Å²) in [7, 11) is 0. The highest BCUT2D eigenvalue weighted by Gasteiger charge is 2.15. The first-order chi connectivity index (χ1) is 8.52. The van der Waals surface area contributed by atoms with E-state index >= 15 is 0 Å². The van der Waals surface area contributed by atoms with Gasteiger partial charge in [-0.3, -0.25) is 4.79 Å². The van der Waals surface area contributed by atoms with Gasteiger partial charge in [-0.25, -0.2) is 4.98 Å². The number of nitriles is 1. The third-order valence-electron chi connectivity index (χ3n) is 2.24. The normalized spacial score (nSPS) is 11.7. The monoisotopic (exact) mass is 247 g/mol. The summed E-state index contributed by atoms with van der Waals surface area (Å²) in [6.07, 6.45) is 1.38. The standard InChI is InChI=1S/C13H17N3O2/c1-9(2)18-13(17)10(3)7-15-12-5-4-11(6-14)8-16-12/h4-5,8-10H,7H2,1-3H3,(H,15,16). The lowest BCUT2D eigenvalue weighted by atomic mass is 10.2. The number of esters is 1. The number of carbonyl (C=O) groups excluding carboxylic acids is 1. The molecule has 1 aromatic rings. The number of hydrogen-bond donors (Lipinski definition) is 1. The minimum atomic E-state index is -0.246. The molecule has 1 N–H and O–H groups in total. The van der Waals surface area contributed by atoms with E-state index in [9.17, 15) is 4.79 Å². The van der Waals surface area contributed by atoms with Crippen molar-refractivity contribution in [2.45, 2.75) is 26.9 Å². The van der Waals surface area contributed by atoms with Crippen LogP contribution >= 0.6 is 0 Å². The van der Waals surface area contributed by atoms with Gasteiger partial charge in [0.1, 0.15) is 11.9 Å². The second kappa shape index (κ2) is 6.60. The van der Waals surface area contributed by atoms with Crippen LogP contribution in [-0.4, -0.2) is 23.6 Å². The molecular weight excluding hydrogens is 230 g/mol. The molecular formula is C13H17N3O2. The van der Waals surface area contributed by atoms with E-state index in [4.69, 9.17) is 10.00 Å². The Morgan fingerprint density at radius 1 is 1.50 bits per heavy atom. The van der Waals surface area contributed by atoms with E-state index in [0.29, 0.717) is 17.9 Å². The zero-order valence-corrected chi connectivity index (χ0v) is 10.8.